The molecule has 1 aromatic carbocycles. The van der Waals surface area contributed by atoms with Gasteiger partial charge in [0.1, 0.15) is 5.75 Å². The highest BCUT2D eigenvalue weighted by Crippen LogP contribution is 2.43. The van der Waals surface area contributed by atoms with Crippen LogP contribution in [0.3, 0.4) is 0 Å². The van der Waals surface area contributed by atoms with E-state index in [2.05, 4.69) is 4.72 Å². The first-order valence-corrected chi connectivity index (χ1v) is 7.49. The summed E-state index contributed by atoms with van der Waals surface area (Å²) in [6.07, 6.45) is 0. The molecule has 0 bridgehead atoms. The van der Waals surface area contributed by atoms with E-state index in [1.807, 2.05) is 0 Å². The first-order valence-electron chi connectivity index (χ1n) is 5.84. The molecule has 0 aliphatic heterocycles. The lowest BCUT2D eigenvalue weighted by molar-refractivity contribution is 0.102. The van der Waals surface area contributed by atoms with Gasteiger partial charge in [-0.1, -0.05) is 0 Å². The van der Waals surface area contributed by atoms with Crippen molar-refractivity contribution in [2.75, 3.05) is 39.9 Å². The van der Waals surface area contributed by atoms with Crippen LogP contribution < -0.4 is 24.7 Å². The van der Waals surface area contributed by atoms with E-state index in [1.54, 1.807) is 0 Å². The highest BCUT2D eigenvalue weighted by molar-refractivity contribution is 7.90. The summed E-state index contributed by atoms with van der Waals surface area (Å²) in [6.45, 7) is 0. The summed E-state index contributed by atoms with van der Waals surface area (Å²) < 4.78 is 40.3. The lowest BCUT2D eigenvalue weighted by atomic mass is 10.1. The van der Waals surface area contributed by atoms with Gasteiger partial charge in [-0.3, -0.25) is 4.79 Å². The molecule has 0 fully saturated rings. The van der Waals surface area contributed by atoms with E-state index in [1.165, 1.54) is 34.4 Å². The third kappa shape index (κ3) is 3.56. The second-order valence-corrected chi connectivity index (χ2v) is 5.92. The molecule has 0 radical (unpaired) electrons. The Morgan fingerprint density at radius 1 is 1.19 bits per heavy atom. The highest BCUT2D eigenvalue weighted by Gasteiger charge is 2.25. The molecule has 0 saturated heterocycles. The number of benzene rings is 1. The Morgan fingerprint density at radius 2 is 1.76 bits per heavy atom. The van der Waals surface area contributed by atoms with E-state index >= 15 is 0 Å². The quantitative estimate of drug-likeness (QED) is 0.538. The van der Waals surface area contributed by atoms with Gasteiger partial charge in [-0.25, -0.2) is 13.1 Å². The molecule has 8 nitrogen and oxygen atoms in total. The number of anilines is 1. The fourth-order valence-corrected chi connectivity index (χ4v) is 2.38. The minimum Gasteiger partial charge on any atom is -0.493 e. The molecule has 0 unspecified atom stereocenters. The topological polar surface area (TPSA) is 117 Å². The van der Waals surface area contributed by atoms with Gasteiger partial charge in [-0.2, -0.15) is 0 Å². The Kier molecular flexibility index (Phi) is 5.39. The van der Waals surface area contributed by atoms with Crippen LogP contribution in [0.2, 0.25) is 0 Å². The molecule has 9 heteroatoms. The molecule has 0 aliphatic carbocycles. The maximum absolute atomic E-state index is 12.1. The van der Waals surface area contributed by atoms with Crippen LogP contribution in [0.1, 0.15) is 10.4 Å². The Labute approximate surface area is 123 Å². The van der Waals surface area contributed by atoms with Crippen LogP contribution in [0.5, 0.6) is 17.2 Å². The lowest BCUT2D eigenvalue weighted by Gasteiger charge is -2.16. The number of nitrogens with one attached hydrogen (secondary N) is 1. The highest BCUT2D eigenvalue weighted by atomic mass is 32.2. The van der Waals surface area contributed by atoms with E-state index in [0.29, 0.717) is 0 Å². The number of carbonyl (C=O) groups is 1. The van der Waals surface area contributed by atoms with Gasteiger partial charge in [0.15, 0.2) is 17.3 Å². The number of Topliss-reactive ketones (excluding diaryl/α,β-unsaturated/α-hetero) is 1. The van der Waals surface area contributed by atoms with Crippen molar-refractivity contribution in [2.24, 2.45) is 0 Å². The Bertz CT molecular complexity index is 642. The van der Waals surface area contributed by atoms with Crippen LogP contribution in [0.25, 0.3) is 0 Å². The normalized spacial score (nSPS) is 11.0. The molecule has 3 N–H and O–H groups in total. The SMILES string of the molecule is CNS(=O)(=O)CC(=O)c1cc(OC)c(OC)c(OC)c1N. The molecule has 1 rings (SSSR count). The standard InChI is InChI=1S/C12H18N2O6S/c1-14-21(16,17)6-8(15)7-5-9(18-2)11(19-3)12(20-4)10(7)13/h5,14H,6,13H2,1-4H3. The van der Waals surface area contributed by atoms with Crippen molar-refractivity contribution in [2.45, 2.75) is 0 Å². The predicted octanol–water partition coefficient (Wildman–Crippen LogP) is 0.0265. The van der Waals surface area contributed by atoms with Crippen molar-refractivity contribution in [3.63, 3.8) is 0 Å². The molecule has 0 aliphatic rings. The first kappa shape index (κ1) is 17.1. The van der Waals surface area contributed by atoms with Crippen LogP contribution in [0.15, 0.2) is 6.07 Å². The summed E-state index contributed by atoms with van der Waals surface area (Å²) >= 11 is 0. The molecular weight excluding hydrogens is 300 g/mol. The molecule has 0 aromatic heterocycles. The molecule has 0 amide bonds. The number of sulfonamides is 1. The fourth-order valence-electron chi connectivity index (χ4n) is 1.73. The van der Waals surface area contributed by atoms with Crippen LogP contribution in [-0.4, -0.2) is 48.3 Å². The van der Waals surface area contributed by atoms with Crippen molar-refractivity contribution in [3.8, 4) is 17.2 Å². The smallest absolute Gasteiger partial charge is 0.218 e. The van der Waals surface area contributed by atoms with Gasteiger partial charge in [-0.15, -0.1) is 0 Å². The molecule has 0 spiro atoms. The van der Waals surface area contributed by atoms with E-state index < -0.39 is 21.6 Å². The maximum Gasteiger partial charge on any atom is 0.218 e. The van der Waals surface area contributed by atoms with Crippen molar-refractivity contribution in [1.82, 2.24) is 4.72 Å². The molecular formula is C12H18N2O6S. The number of ether oxygens (including phenoxy) is 3. The predicted molar refractivity (Wildman–Crippen MR) is 77.7 cm³/mol. The average Bonchev–Trinajstić information content (AvgIpc) is 2.45. The largest absolute Gasteiger partial charge is 0.493 e. The summed E-state index contributed by atoms with van der Waals surface area (Å²) in [5.41, 5.74) is 5.84. The van der Waals surface area contributed by atoms with Gasteiger partial charge in [0, 0.05) is 5.56 Å². The fraction of sp³-hybridized carbons (Fsp3) is 0.417. The van der Waals surface area contributed by atoms with Gasteiger partial charge in [0.25, 0.3) is 0 Å². The van der Waals surface area contributed by atoms with E-state index in [-0.39, 0.29) is 28.5 Å². The zero-order valence-electron chi connectivity index (χ0n) is 12.2. The Balaban J connectivity index is 3.41. The second-order valence-electron chi connectivity index (χ2n) is 3.99. The summed E-state index contributed by atoms with van der Waals surface area (Å²) in [7, 11) is 1.65. The van der Waals surface area contributed by atoms with Gasteiger partial charge in [0.05, 0.1) is 27.0 Å². The average molecular weight is 318 g/mol. The Hall–Kier alpha value is -2.00. The third-order valence-corrected chi connectivity index (χ3v) is 4.07. The van der Waals surface area contributed by atoms with Gasteiger partial charge >= 0.3 is 0 Å². The van der Waals surface area contributed by atoms with Gasteiger partial charge < -0.3 is 19.9 Å². The van der Waals surface area contributed by atoms with E-state index in [0.717, 1.165) is 0 Å². The van der Waals surface area contributed by atoms with Crippen LogP contribution in [-0.2, 0) is 10.0 Å². The first-order chi connectivity index (χ1) is 9.81. The Morgan fingerprint density at radius 3 is 2.19 bits per heavy atom. The van der Waals surface area contributed by atoms with Crippen LogP contribution in [0.4, 0.5) is 5.69 Å². The van der Waals surface area contributed by atoms with Crippen LogP contribution in [0, 0.1) is 0 Å². The van der Waals surface area contributed by atoms with Crippen molar-refractivity contribution >= 4 is 21.5 Å². The number of hydrogen-bond donors (Lipinski definition) is 2. The maximum atomic E-state index is 12.1. The van der Waals surface area contributed by atoms with Crippen molar-refractivity contribution < 1.29 is 27.4 Å². The monoisotopic (exact) mass is 318 g/mol. The van der Waals surface area contributed by atoms with Crippen molar-refractivity contribution in [1.29, 1.82) is 0 Å². The van der Waals surface area contributed by atoms with Gasteiger partial charge in [0.2, 0.25) is 15.8 Å². The summed E-state index contributed by atoms with van der Waals surface area (Å²) in [5, 5.41) is 0. The second kappa shape index (κ2) is 6.64. The summed E-state index contributed by atoms with van der Waals surface area (Å²) in [5.74, 6) is -0.853. The summed E-state index contributed by atoms with van der Waals surface area (Å²) in [4.78, 5) is 12.1. The molecule has 1 aromatic rings. The number of nitrogens with two attached hydrogens (primary N) is 1. The number of hydrogen-bond acceptors (Lipinski definition) is 7. The van der Waals surface area contributed by atoms with E-state index in [4.69, 9.17) is 19.9 Å². The van der Waals surface area contributed by atoms with E-state index in [9.17, 15) is 13.2 Å². The molecule has 0 atom stereocenters. The molecule has 0 saturated carbocycles. The number of nitrogen functional groups attached to an aromatic ring is 1. The number of carbonyl (C=O) groups excluding carboxylic acids is 1. The van der Waals surface area contributed by atoms with Crippen LogP contribution >= 0.6 is 0 Å². The molecule has 21 heavy (non-hydrogen) atoms. The van der Waals surface area contributed by atoms with Gasteiger partial charge in [-0.05, 0) is 13.1 Å². The van der Waals surface area contributed by atoms with Crippen molar-refractivity contribution in [3.05, 3.63) is 11.6 Å². The lowest BCUT2D eigenvalue weighted by Crippen LogP contribution is -2.27. The zero-order chi connectivity index (χ0) is 16.2. The molecule has 0 heterocycles. The molecule has 118 valence electrons. The number of ketones is 1. The minimum absolute atomic E-state index is 0.00791. The third-order valence-electron chi connectivity index (χ3n) is 2.80. The zero-order valence-corrected chi connectivity index (χ0v) is 13.0. The minimum atomic E-state index is -3.71. The summed E-state index contributed by atoms with van der Waals surface area (Å²) in [6, 6.07) is 1.32. The number of rotatable bonds is 7. The number of methoxy groups -OCH3 is 3.